The number of carbonyl (C=O) groups excluding carboxylic acids is 3. The fourth-order valence-electron chi connectivity index (χ4n) is 3.14. The van der Waals surface area contributed by atoms with Crippen molar-refractivity contribution in [3.05, 3.63) is 35.9 Å². The Kier molecular flexibility index (Phi) is 13.9. The number of carboxylic acids is 1. The summed E-state index contributed by atoms with van der Waals surface area (Å²) >= 11 is 1.57. The topological polar surface area (TPSA) is 177 Å². The van der Waals surface area contributed by atoms with Gasteiger partial charge in [0.15, 0.2) is 0 Å². The molecular weight excluding hydrogens is 458 g/mol. The van der Waals surface area contributed by atoms with Crippen LogP contribution in [0.2, 0.25) is 0 Å². The van der Waals surface area contributed by atoms with Gasteiger partial charge in [0.1, 0.15) is 18.1 Å². The van der Waals surface area contributed by atoms with Crippen molar-refractivity contribution < 1.29 is 24.3 Å². The number of carbonyl (C=O) groups is 4. The Labute approximate surface area is 205 Å². The van der Waals surface area contributed by atoms with E-state index in [9.17, 15) is 24.3 Å². The van der Waals surface area contributed by atoms with E-state index in [0.717, 1.165) is 5.56 Å². The first kappa shape index (κ1) is 29.4. The summed E-state index contributed by atoms with van der Waals surface area (Å²) in [5, 5.41) is 17.2. The second-order valence-electron chi connectivity index (χ2n) is 8.05. The van der Waals surface area contributed by atoms with Crippen molar-refractivity contribution in [2.24, 2.45) is 11.5 Å². The second kappa shape index (κ2) is 16.1. The Morgan fingerprint density at radius 2 is 1.59 bits per heavy atom. The number of hydrogen-bond acceptors (Lipinski definition) is 7. The van der Waals surface area contributed by atoms with Gasteiger partial charge in [0.25, 0.3) is 0 Å². The predicted octanol–water partition coefficient (Wildman–Crippen LogP) is -0.00260. The number of hydrogen-bond donors (Lipinski definition) is 6. The molecule has 0 saturated heterocycles. The van der Waals surface area contributed by atoms with Crippen LogP contribution in [-0.2, 0) is 25.6 Å². The van der Waals surface area contributed by atoms with Gasteiger partial charge in [-0.2, -0.15) is 11.8 Å². The molecule has 10 nitrogen and oxygen atoms in total. The molecule has 3 amide bonds. The molecule has 1 rings (SSSR count). The third kappa shape index (κ3) is 11.0. The molecule has 0 heterocycles. The molecule has 4 unspecified atom stereocenters. The molecule has 0 aliphatic carbocycles. The number of amides is 3. The second-order valence-corrected chi connectivity index (χ2v) is 9.04. The van der Waals surface area contributed by atoms with Crippen molar-refractivity contribution in [1.82, 2.24) is 16.0 Å². The third-order valence-electron chi connectivity index (χ3n) is 5.20. The van der Waals surface area contributed by atoms with Crippen LogP contribution in [0, 0.1) is 0 Å². The van der Waals surface area contributed by atoms with Crippen LogP contribution >= 0.6 is 11.8 Å². The van der Waals surface area contributed by atoms with Crippen LogP contribution in [0.5, 0.6) is 0 Å². The minimum atomic E-state index is -1.18. The van der Waals surface area contributed by atoms with E-state index >= 15 is 0 Å². The molecule has 34 heavy (non-hydrogen) atoms. The molecular formula is C23H37N5O5S. The average molecular weight is 496 g/mol. The fourth-order valence-corrected chi connectivity index (χ4v) is 3.63. The van der Waals surface area contributed by atoms with Crippen molar-refractivity contribution >= 4 is 35.5 Å². The highest BCUT2D eigenvalue weighted by molar-refractivity contribution is 7.98. The zero-order valence-electron chi connectivity index (χ0n) is 19.8. The van der Waals surface area contributed by atoms with Crippen molar-refractivity contribution in [2.75, 3.05) is 18.6 Å². The quantitative estimate of drug-likeness (QED) is 0.174. The molecule has 0 aromatic heterocycles. The number of thioether (sulfide) groups is 1. The van der Waals surface area contributed by atoms with Crippen LogP contribution in [-0.4, -0.2) is 71.5 Å². The molecule has 0 aliphatic heterocycles. The highest BCUT2D eigenvalue weighted by atomic mass is 32.2. The van der Waals surface area contributed by atoms with E-state index in [1.165, 1.54) is 6.92 Å². The van der Waals surface area contributed by atoms with Gasteiger partial charge in [-0.3, -0.25) is 14.4 Å². The first-order valence-electron chi connectivity index (χ1n) is 11.3. The summed E-state index contributed by atoms with van der Waals surface area (Å²) in [7, 11) is 0. The number of rotatable bonds is 16. The minimum Gasteiger partial charge on any atom is -0.480 e. The summed E-state index contributed by atoms with van der Waals surface area (Å²) in [5.74, 6) is -2.08. The third-order valence-corrected chi connectivity index (χ3v) is 5.84. The lowest BCUT2D eigenvalue weighted by Gasteiger charge is -2.23. The Bertz CT molecular complexity index is 795. The van der Waals surface area contributed by atoms with Crippen molar-refractivity contribution in [3.63, 3.8) is 0 Å². The van der Waals surface area contributed by atoms with Crippen molar-refractivity contribution in [1.29, 1.82) is 0 Å². The number of nitrogens with one attached hydrogen (secondary N) is 3. The van der Waals surface area contributed by atoms with E-state index < -0.39 is 47.9 Å². The maximum Gasteiger partial charge on any atom is 0.326 e. The molecule has 0 spiro atoms. The Hall–Kier alpha value is -2.63. The van der Waals surface area contributed by atoms with Gasteiger partial charge >= 0.3 is 5.97 Å². The smallest absolute Gasteiger partial charge is 0.326 e. The van der Waals surface area contributed by atoms with E-state index in [4.69, 9.17) is 11.5 Å². The van der Waals surface area contributed by atoms with Gasteiger partial charge in [0.2, 0.25) is 17.7 Å². The molecule has 0 radical (unpaired) electrons. The van der Waals surface area contributed by atoms with Crippen LogP contribution in [0.4, 0.5) is 0 Å². The maximum atomic E-state index is 12.8. The highest BCUT2D eigenvalue weighted by Gasteiger charge is 2.28. The summed E-state index contributed by atoms with van der Waals surface area (Å²) in [6.07, 6.45) is 4.11. The van der Waals surface area contributed by atoms with Crippen LogP contribution in [0.15, 0.2) is 30.3 Å². The normalized spacial score (nSPS) is 14.4. The van der Waals surface area contributed by atoms with Gasteiger partial charge in [-0.25, -0.2) is 4.79 Å². The number of aliphatic carboxylic acids is 1. The van der Waals surface area contributed by atoms with E-state index in [-0.39, 0.29) is 6.42 Å². The van der Waals surface area contributed by atoms with E-state index in [2.05, 4.69) is 16.0 Å². The molecule has 190 valence electrons. The molecule has 1 aromatic carbocycles. The van der Waals surface area contributed by atoms with E-state index in [1.807, 2.05) is 12.3 Å². The lowest BCUT2D eigenvalue weighted by Crippen LogP contribution is -2.56. The molecule has 0 aliphatic rings. The number of carboxylic acid groups (broad SMARTS) is 1. The van der Waals surface area contributed by atoms with Crippen molar-refractivity contribution in [2.45, 2.75) is 63.2 Å². The molecule has 1 aromatic rings. The Morgan fingerprint density at radius 3 is 2.18 bits per heavy atom. The van der Waals surface area contributed by atoms with Crippen LogP contribution in [0.3, 0.4) is 0 Å². The van der Waals surface area contributed by atoms with E-state index in [0.29, 0.717) is 38.0 Å². The Morgan fingerprint density at radius 1 is 0.941 bits per heavy atom. The fraction of sp³-hybridized carbons (Fsp3) is 0.565. The van der Waals surface area contributed by atoms with Crippen LogP contribution in [0.1, 0.15) is 38.2 Å². The Balaban J connectivity index is 2.75. The molecule has 11 heteroatoms. The first-order valence-corrected chi connectivity index (χ1v) is 12.7. The SMILES string of the molecule is CSCCC(N)C(=O)NC(CCCCN)C(=O)NC(C)C(=O)NC(Cc1ccccc1)C(=O)O. The summed E-state index contributed by atoms with van der Waals surface area (Å²) < 4.78 is 0. The standard InChI is InChI=1S/C23H37N5O5S/c1-15(20(29)28-19(23(32)33)14-16-8-4-3-5-9-16)26-22(31)18(10-6-7-12-24)27-21(30)17(25)11-13-34-2/h3-5,8-9,15,17-19H,6-7,10-14,24-25H2,1-2H3,(H,26,31)(H,27,30)(H,28,29)(H,32,33). The van der Waals surface area contributed by atoms with Gasteiger partial charge in [-0.05, 0) is 56.7 Å². The summed E-state index contributed by atoms with van der Waals surface area (Å²) in [6.45, 7) is 1.91. The zero-order valence-corrected chi connectivity index (χ0v) is 20.6. The van der Waals surface area contributed by atoms with Crippen molar-refractivity contribution in [3.8, 4) is 0 Å². The van der Waals surface area contributed by atoms with Gasteiger partial charge in [-0.1, -0.05) is 30.3 Å². The maximum absolute atomic E-state index is 12.8. The molecule has 0 fully saturated rings. The first-order chi connectivity index (χ1) is 16.2. The lowest BCUT2D eigenvalue weighted by molar-refractivity contribution is -0.142. The minimum absolute atomic E-state index is 0.105. The van der Waals surface area contributed by atoms with Crippen LogP contribution in [0.25, 0.3) is 0 Å². The molecule has 8 N–H and O–H groups in total. The van der Waals surface area contributed by atoms with Gasteiger partial charge in [-0.15, -0.1) is 0 Å². The largest absolute Gasteiger partial charge is 0.480 e. The summed E-state index contributed by atoms with van der Waals surface area (Å²) in [6, 6.07) is 5.14. The van der Waals surface area contributed by atoms with Gasteiger partial charge < -0.3 is 32.5 Å². The molecule has 0 bridgehead atoms. The summed E-state index contributed by atoms with van der Waals surface area (Å²) in [4.78, 5) is 49.5. The van der Waals surface area contributed by atoms with Crippen LogP contribution < -0.4 is 27.4 Å². The number of benzene rings is 1. The lowest BCUT2D eigenvalue weighted by atomic mass is 10.1. The van der Waals surface area contributed by atoms with Gasteiger partial charge in [0.05, 0.1) is 6.04 Å². The average Bonchev–Trinajstić information content (AvgIpc) is 2.81. The number of nitrogens with two attached hydrogens (primary N) is 2. The molecule has 0 saturated carbocycles. The van der Waals surface area contributed by atoms with E-state index in [1.54, 1.807) is 36.0 Å². The molecule has 4 atom stereocenters. The predicted molar refractivity (Wildman–Crippen MR) is 133 cm³/mol. The zero-order chi connectivity index (χ0) is 25.5. The number of unbranched alkanes of at least 4 members (excludes halogenated alkanes) is 1. The monoisotopic (exact) mass is 495 g/mol. The summed E-state index contributed by atoms with van der Waals surface area (Å²) in [5.41, 5.74) is 12.2. The van der Waals surface area contributed by atoms with Gasteiger partial charge in [0, 0.05) is 6.42 Å². The highest BCUT2D eigenvalue weighted by Crippen LogP contribution is 2.06.